The van der Waals surface area contributed by atoms with Crippen molar-refractivity contribution in [1.29, 1.82) is 0 Å². The van der Waals surface area contributed by atoms with E-state index in [1.165, 1.54) is 0 Å². The van der Waals surface area contributed by atoms with Gasteiger partial charge < -0.3 is 5.32 Å². The largest absolute Gasteiger partial charge is 0.305 e. The second-order valence-corrected chi connectivity index (χ2v) is 6.14. The Hall–Kier alpha value is -1.00. The predicted molar refractivity (Wildman–Crippen MR) is 73.5 cm³/mol. The van der Waals surface area contributed by atoms with Gasteiger partial charge in [0.25, 0.3) is 6.43 Å². The highest BCUT2D eigenvalue weighted by molar-refractivity contribution is 5.25. The first-order valence-corrected chi connectivity index (χ1v) is 6.67. The molecule has 1 aromatic carbocycles. The maximum absolute atomic E-state index is 12.8. The average Bonchev–Trinajstić information content (AvgIpc) is 2.35. The van der Waals surface area contributed by atoms with Crippen molar-refractivity contribution < 1.29 is 8.78 Å². The van der Waals surface area contributed by atoms with Crippen LogP contribution in [0.5, 0.6) is 0 Å². The second-order valence-electron chi connectivity index (χ2n) is 6.14. The van der Waals surface area contributed by atoms with Gasteiger partial charge in [0.1, 0.15) is 0 Å². The number of hydrogen-bond donors (Lipinski definition) is 1. The molecule has 1 aliphatic heterocycles. The van der Waals surface area contributed by atoms with E-state index in [1.54, 1.807) is 0 Å². The zero-order chi connectivity index (χ0) is 14.1. The summed E-state index contributed by atoms with van der Waals surface area (Å²) in [6.07, 6.45) is -2.29. The van der Waals surface area contributed by atoms with Gasteiger partial charge in [-0.05, 0) is 26.3 Å². The number of rotatable bonds is 3. The summed E-state index contributed by atoms with van der Waals surface area (Å²) >= 11 is 0. The van der Waals surface area contributed by atoms with Crippen LogP contribution in [0.3, 0.4) is 0 Å². The van der Waals surface area contributed by atoms with Gasteiger partial charge in [-0.3, -0.25) is 4.90 Å². The fourth-order valence-electron chi connectivity index (χ4n) is 2.65. The summed E-state index contributed by atoms with van der Waals surface area (Å²) in [5.41, 5.74) is 0.626. The van der Waals surface area contributed by atoms with E-state index in [-0.39, 0.29) is 17.6 Å². The van der Waals surface area contributed by atoms with Gasteiger partial charge in [0.2, 0.25) is 0 Å². The Kier molecular flexibility index (Phi) is 3.92. The Morgan fingerprint density at radius 2 is 1.84 bits per heavy atom. The molecular formula is C15H22F2N2. The lowest BCUT2D eigenvalue weighted by atomic mass is 9.85. The molecule has 1 N–H and O–H groups in total. The fourth-order valence-corrected chi connectivity index (χ4v) is 2.65. The molecule has 0 radical (unpaired) electrons. The van der Waals surface area contributed by atoms with Crippen molar-refractivity contribution in [2.24, 2.45) is 0 Å². The molecule has 0 saturated carbocycles. The van der Waals surface area contributed by atoms with Crippen LogP contribution < -0.4 is 5.32 Å². The van der Waals surface area contributed by atoms with Gasteiger partial charge in [0.15, 0.2) is 0 Å². The van der Waals surface area contributed by atoms with E-state index < -0.39 is 6.43 Å². The first kappa shape index (κ1) is 14.4. The third-order valence-electron chi connectivity index (χ3n) is 4.04. The van der Waals surface area contributed by atoms with Crippen LogP contribution >= 0.6 is 0 Å². The summed E-state index contributed by atoms with van der Waals surface area (Å²) in [5.74, 6) is 0. The zero-order valence-electron chi connectivity index (χ0n) is 11.8. The molecular weight excluding hydrogens is 246 g/mol. The molecule has 1 aliphatic rings. The molecule has 0 amide bonds. The smallest absolute Gasteiger partial charge is 0.251 e. The number of nitrogens with one attached hydrogen (secondary N) is 1. The Morgan fingerprint density at radius 3 is 2.42 bits per heavy atom. The van der Waals surface area contributed by atoms with Crippen LogP contribution in [-0.2, 0) is 5.54 Å². The van der Waals surface area contributed by atoms with Gasteiger partial charge >= 0.3 is 0 Å². The van der Waals surface area contributed by atoms with Crippen LogP contribution in [0.1, 0.15) is 26.3 Å². The van der Waals surface area contributed by atoms with E-state index in [0.29, 0.717) is 13.1 Å². The van der Waals surface area contributed by atoms with Crippen LogP contribution in [0.15, 0.2) is 30.3 Å². The van der Waals surface area contributed by atoms with E-state index in [4.69, 9.17) is 0 Å². The molecule has 106 valence electrons. The Balaban J connectivity index is 2.22. The molecule has 0 aromatic heterocycles. The summed E-state index contributed by atoms with van der Waals surface area (Å²) in [6.45, 7) is 7.21. The zero-order valence-corrected chi connectivity index (χ0v) is 11.8. The Labute approximate surface area is 113 Å². The lowest BCUT2D eigenvalue weighted by Gasteiger charge is -2.51. The third kappa shape index (κ3) is 3.12. The van der Waals surface area contributed by atoms with Gasteiger partial charge in [-0.2, -0.15) is 0 Å². The number of benzene rings is 1. The Morgan fingerprint density at radius 1 is 1.21 bits per heavy atom. The topological polar surface area (TPSA) is 15.3 Å². The van der Waals surface area contributed by atoms with Crippen molar-refractivity contribution in [1.82, 2.24) is 10.2 Å². The number of alkyl halides is 2. The summed E-state index contributed by atoms with van der Waals surface area (Å²) in [4.78, 5) is 1.89. The minimum Gasteiger partial charge on any atom is -0.305 e. The van der Waals surface area contributed by atoms with Crippen molar-refractivity contribution in [3.8, 4) is 0 Å². The van der Waals surface area contributed by atoms with E-state index in [0.717, 1.165) is 5.56 Å². The molecule has 0 spiro atoms. The number of halogens is 2. The molecule has 1 heterocycles. The molecule has 1 saturated heterocycles. The molecule has 19 heavy (non-hydrogen) atoms. The summed E-state index contributed by atoms with van der Waals surface area (Å²) in [5, 5.41) is 3.52. The van der Waals surface area contributed by atoms with Crippen molar-refractivity contribution >= 4 is 0 Å². The summed E-state index contributed by atoms with van der Waals surface area (Å²) in [7, 11) is 0. The highest BCUT2D eigenvalue weighted by Crippen LogP contribution is 2.30. The molecule has 1 atom stereocenters. The van der Waals surface area contributed by atoms with Gasteiger partial charge in [0, 0.05) is 18.6 Å². The molecule has 4 heteroatoms. The Bertz CT molecular complexity index is 419. The highest BCUT2D eigenvalue weighted by atomic mass is 19.3. The summed E-state index contributed by atoms with van der Waals surface area (Å²) in [6, 6.07) is 10.0. The normalized spacial score (nSPS) is 27.7. The van der Waals surface area contributed by atoms with Crippen LogP contribution in [-0.4, -0.2) is 36.5 Å². The van der Waals surface area contributed by atoms with E-state index in [1.807, 2.05) is 49.1 Å². The van der Waals surface area contributed by atoms with E-state index >= 15 is 0 Å². The molecule has 2 nitrogen and oxygen atoms in total. The van der Waals surface area contributed by atoms with Crippen LogP contribution in [0.25, 0.3) is 0 Å². The standard InChI is InChI=1S/C15H22F2N2/c1-14(2)10-18-15(3,11-19(14)9-13(16)17)12-7-5-4-6-8-12/h4-8,13,18H,9-11H2,1-3H3. The molecule has 0 aliphatic carbocycles. The van der Waals surface area contributed by atoms with Gasteiger partial charge in [-0.15, -0.1) is 0 Å². The van der Waals surface area contributed by atoms with Crippen LogP contribution in [0.4, 0.5) is 8.78 Å². The number of piperazine rings is 1. The number of hydrogen-bond acceptors (Lipinski definition) is 2. The maximum atomic E-state index is 12.8. The van der Waals surface area contributed by atoms with Gasteiger partial charge in [-0.25, -0.2) is 8.78 Å². The monoisotopic (exact) mass is 268 g/mol. The lowest BCUT2D eigenvalue weighted by molar-refractivity contribution is -0.0139. The van der Waals surface area contributed by atoms with Crippen molar-refractivity contribution in [3.63, 3.8) is 0 Å². The predicted octanol–water partition coefficient (Wildman–Crippen LogP) is 2.85. The minimum atomic E-state index is -2.29. The maximum Gasteiger partial charge on any atom is 0.251 e. The molecule has 2 rings (SSSR count). The summed E-state index contributed by atoms with van der Waals surface area (Å²) < 4.78 is 25.5. The fraction of sp³-hybridized carbons (Fsp3) is 0.600. The van der Waals surface area contributed by atoms with Crippen molar-refractivity contribution in [2.75, 3.05) is 19.6 Å². The molecule has 1 fully saturated rings. The van der Waals surface area contributed by atoms with Gasteiger partial charge in [0.05, 0.1) is 12.1 Å². The van der Waals surface area contributed by atoms with Crippen LogP contribution in [0.2, 0.25) is 0 Å². The van der Waals surface area contributed by atoms with E-state index in [9.17, 15) is 8.78 Å². The number of nitrogens with zero attached hydrogens (tertiary/aromatic N) is 1. The van der Waals surface area contributed by atoms with E-state index in [2.05, 4.69) is 12.2 Å². The van der Waals surface area contributed by atoms with Crippen LogP contribution in [0, 0.1) is 0 Å². The quantitative estimate of drug-likeness (QED) is 0.907. The first-order valence-electron chi connectivity index (χ1n) is 6.67. The SMILES string of the molecule is CC1(c2ccccc2)CN(CC(F)F)C(C)(C)CN1. The van der Waals surface area contributed by atoms with Crippen molar-refractivity contribution in [3.05, 3.63) is 35.9 Å². The van der Waals surface area contributed by atoms with Gasteiger partial charge in [-0.1, -0.05) is 30.3 Å². The minimum absolute atomic E-state index is 0.170. The highest BCUT2D eigenvalue weighted by Gasteiger charge is 2.41. The molecule has 1 aromatic rings. The van der Waals surface area contributed by atoms with Crippen molar-refractivity contribution in [2.45, 2.75) is 38.3 Å². The lowest BCUT2D eigenvalue weighted by Crippen LogP contribution is -2.66. The average molecular weight is 268 g/mol. The molecule has 1 unspecified atom stereocenters. The third-order valence-corrected chi connectivity index (χ3v) is 4.04. The molecule has 0 bridgehead atoms. The second kappa shape index (κ2) is 5.17. The first-order chi connectivity index (χ1) is 8.83.